The van der Waals surface area contributed by atoms with Crippen LogP contribution in [0.2, 0.25) is 0 Å². The van der Waals surface area contributed by atoms with Crippen LogP contribution in [-0.2, 0) is 4.79 Å². The monoisotopic (exact) mass is 420 g/mol. The van der Waals surface area contributed by atoms with Crippen molar-refractivity contribution in [2.45, 2.75) is 42.9 Å². The summed E-state index contributed by atoms with van der Waals surface area (Å²) in [6.45, 7) is 0. The summed E-state index contributed by atoms with van der Waals surface area (Å²) < 4.78 is 0.560. The quantitative estimate of drug-likeness (QED) is 0.211. The van der Waals surface area contributed by atoms with Crippen LogP contribution in [0.15, 0.2) is 28.6 Å². The summed E-state index contributed by atoms with van der Waals surface area (Å²) in [5.74, 6) is 0.454. The number of hydrogen-bond acceptors (Lipinski definition) is 8. The number of nitrogens with one attached hydrogen (secondary N) is 1. The first kappa shape index (κ1) is 20.4. The van der Waals surface area contributed by atoms with Gasteiger partial charge in [-0.1, -0.05) is 60.9 Å². The number of carbonyl (C=O) groups is 2. The lowest BCUT2D eigenvalue weighted by Crippen LogP contribution is -2.12. The van der Waals surface area contributed by atoms with Gasteiger partial charge in [-0.05, 0) is 12.3 Å². The molecule has 8 nitrogen and oxygen atoms in total. The number of thioether (sulfide) groups is 1. The molecular weight excluding hydrogens is 400 g/mol. The van der Waals surface area contributed by atoms with Crippen LogP contribution in [0.5, 0.6) is 0 Å². The van der Waals surface area contributed by atoms with Gasteiger partial charge in [0.15, 0.2) is 10.1 Å². The van der Waals surface area contributed by atoms with Crippen LogP contribution in [-0.4, -0.2) is 32.6 Å². The summed E-state index contributed by atoms with van der Waals surface area (Å²) >= 11 is 2.41. The van der Waals surface area contributed by atoms with Gasteiger partial charge in [0, 0.05) is 24.1 Å². The highest BCUT2D eigenvalue weighted by atomic mass is 32.2. The minimum absolute atomic E-state index is 0.0627. The van der Waals surface area contributed by atoms with Crippen LogP contribution >= 0.6 is 23.1 Å². The van der Waals surface area contributed by atoms with Crippen molar-refractivity contribution in [3.63, 3.8) is 0 Å². The largest absolute Gasteiger partial charge is 0.301 e. The molecule has 1 aliphatic carbocycles. The molecule has 0 aliphatic heterocycles. The van der Waals surface area contributed by atoms with Crippen molar-refractivity contribution < 1.29 is 14.5 Å². The van der Waals surface area contributed by atoms with E-state index in [1.807, 2.05) is 0 Å². The van der Waals surface area contributed by atoms with E-state index in [0.717, 1.165) is 6.42 Å². The minimum Gasteiger partial charge on any atom is -0.301 e. The molecular formula is C18H20N4O4S2. The second-order valence-corrected chi connectivity index (χ2v) is 8.83. The van der Waals surface area contributed by atoms with E-state index in [4.69, 9.17) is 0 Å². The number of hydrogen-bond donors (Lipinski definition) is 1. The van der Waals surface area contributed by atoms with Crippen molar-refractivity contribution in [2.24, 2.45) is 5.92 Å². The molecule has 1 heterocycles. The van der Waals surface area contributed by atoms with Gasteiger partial charge < -0.3 is 5.32 Å². The Morgan fingerprint density at radius 2 is 2.07 bits per heavy atom. The Morgan fingerprint density at radius 1 is 1.29 bits per heavy atom. The van der Waals surface area contributed by atoms with Crippen molar-refractivity contribution in [3.8, 4) is 0 Å². The Balaban J connectivity index is 1.46. The van der Waals surface area contributed by atoms with E-state index < -0.39 is 4.92 Å². The fraction of sp³-hybridized carbons (Fsp3) is 0.444. The molecule has 0 radical (unpaired) electrons. The number of Topliss-reactive ketones (excluding diaryl/α,β-unsaturated/α-hetero) is 1. The third-order valence-electron chi connectivity index (χ3n) is 4.61. The van der Waals surface area contributed by atoms with Gasteiger partial charge in [-0.2, -0.15) is 0 Å². The maximum Gasteiger partial charge on any atom is 0.270 e. The lowest BCUT2D eigenvalue weighted by molar-refractivity contribution is -0.384. The number of benzene rings is 1. The topological polar surface area (TPSA) is 115 Å². The summed E-state index contributed by atoms with van der Waals surface area (Å²) in [5, 5.41) is 21.9. The Morgan fingerprint density at radius 3 is 2.82 bits per heavy atom. The highest BCUT2D eigenvalue weighted by Gasteiger charge is 2.17. The van der Waals surface area contributed by atoms with E-state index in [2.05, 4.69) is 15.5 Å². The van der Waals surface area contributed by atoms with Gasteiger partial charge in [0.25, 0.3) is 5.69 Å². The lowest BCUT2D eigenvalue weighted by atomic mass is 10.0. The van der Waals surface area contributed by atoms with Crippen LogP contribution in [0.4, 0.5) is 10.8 Å². The molecule has 1 aromatic heterocycles. The van der Waals surface area contributed by atoms with Crippen molar-refractivity contribution in [3.05, 3.63) is 39.9 Å². The highest BCUT2D eigenvalue weighted by molar-refractivity contribution is 8.01. The number of ketones is 1. The molecule has 0 bridgehead atoms. The number of aromatic nitrogens is 2. The summed E-state index contributed by atoms with van der Waals surface area (Å²) in [5.41, 5.74) is 0.168. The predicted molar refractivity (Wildman–Crippen MR) is 108 cm³/mol. The first-order chi connectivity index (χ1) is 13.5. The van der Waals surface area contributed by atoms with E-state index >= 15 is 0 Å². The molecule has 148 valence electrons. The maximum absolute atomic E-state index is 12.2. The number of rotatable bonds is 9. The van der Waals surface area contributed by atoms with Gasteiger partial charge in [-0.3, -0.25) is 19.7 Å². The summed E-state index contributed by atoms with van der Waals surface area (Å²) in [4.78, 5) is 34.5. The average Bonchev–Trinajstić information content (AvgIpc) is 3.36. The van der Waals surface area contributed by atoms with Gasteiger partial charge >= 0.3 is 0 Å². The van der Waals surface area contributed by atoms with Crippen LogP contribution in [0.25, 0.3) is 0 Å². The van der Waals surface area contributed by atoms with Crippen molar-refractivity contribution in [1.29, 1.82) is 0 Å². The third kappa shape index (κ3) is 5.83. The fourth-order valence-electron chi connectivity index (χ4n) is 3.14. The molecule has 0 atom stereocenters. The molecule has 0 spiro atoms. The molecule has 28 heavy (non-hydrogen) atoms. The van der Waals surface area contributed by atoms with Gasteiger partial charge in [0.1, 0.15) is 0 Å². The first-order valence-corrected chi connectivity index (χ1v) is 10.9. The van der Waals surface area contributed by atoms with Crippen molar-refractivity contribution >= 4 is 45.6 Å². The minimum atomic E-state index is -0.531. The Kier molecular flexibility index (Phi) is 7.10. The zero-order valence-electron chi connectivity index (χ0n) is 15.1. The van der Waals surface area contributed by atoms with Gasteiger partial charge in [0.2, 0.25) is 11.0 Å². The van der Waals surface area contributed by atoms with Crippen LogP contribution in [0.1, 0.15) is 48.9 Å². The smallest absolute Gasteiger partial charge is 0.270 e. The van der Waals surface area contributed by atoms with E-state index in [0.29, 0.717) is 21.8 Å². The standard InChI is InChI=1S/C18H20N4O4S2/c23-15(13-6-3-7-14(10-13)22(25)26)11-27-18-21-20-17(28-18)19-16(24)9-8-12-4-1-2-5-12/h3,6-7,10,12H,1-2,4-5,8-9,11H2,(H,19,20,24). The second-order valence-electron chi connectivity index (χ2n) is 6.63. The fourth-order valence-corrected chi connectivity index (χ4v) is 4.80. The number of non-ortho nitro benzene ring substituents is 1. The summed E-state index contributed by atoms with van der Waals surface area (Å²) in [6, 6.07) is 5.64. The molecule has 0 unspecified atom stereocenters. The Bertz CT molecular complexity index is 865. The highest BCUT2D eigenvalue weighted by Crippen LogP contribution is 2.29. The van der Waals surface area contributed by atoms with Gasteiger partial charge in [0.05, 0.1) is 10.7 Å². The zero-order valence-corrected chi connectivity index (χ0v) is 16.8. The first-order valence-electron chi connectivity index (χ1n) is 9.05. The molecule has 2 aromatic rings. The molecule has 3 rings (SSSR count). The Labute approximate surface area is 170 Å². The van der Waals surface area contributed by atoms with E-state index in [-0.39, 0.29) is 28.7 Å². The number of nitro groups is 1. The van der Waals surface area contributed by atoms with Crippen LogP contribution < -0.4 is 5.32 Å². The number of nitrogens with zero attached hydrogens (tertiary/aromatic N) is 3. The number of amides is 1. The van der Waals surface area contributed by atoms with Gasteiger partial charge in [-0.15, -0.1) is 10.2 Å². The molecule has 1 aromatic carbocycles. The van der Waals surface area contributed by atoms with Crippen LogP contribution in [0.3, 0.4) is 0 Å². The average molecular weight is 421 g/mol. The number of nitro benzene ring substituents is 1. The lowest BCUT2D eigenvalue weighted by Gasteiger charge is -2.07. The SMILES string of the molecule is O=C(CCC1CCCC1)Nc1nnc(SCC(=O)c2cccc([N+](=O)[O-])c2)s1. The molecule has 1 amide bonds. The second kappa shape index (κ2) is 9.74. The van der Waals surface area contributed by atoms with Crippen molar-refractivity contribution in [1.82, 2.24) is 10.2 Å². The van der Waals surface area contributed by atoms with Gasteiger partial charge in [-0.25, -0.2) is 0 Å². The molecule has 1 fully saturated rings. The van der Waals surface area contributed by atoms with Crippen LogP contribution in [0, 0.1) is 16.0 Å². The number of carbonyl (C=O) groups excluding carboxylic acids is 2. The molecule has 1 N–H and O–H groups in total. The van der Waals surface area contributed by atoms with E-state index in [1.54, 1.807) is 6.07 Å². The van der Waals surface area contributed by atoms with E-state index in [1.165, 1.54) is 67.0 Å². The zero-order chi connectivity index (χ0) is 19.9. The molecule has 1 aliphatic rings. The molecule has 1 saturated carbocycles. The predicted octanol–water partition coefficient (Wildman–Crippen LogP) is 4.33. The molecule has 0 saturated heterocycles. The number of anilines is 1. The summed E-state index contributed by atoms with van der Waals surface area (Å²) in [6.07, 6.45) is 6.34. The normalized spacial score (nSPS) is 14.1. The maximum atomic E-state index is 12.2. The van der Waals surface area contributed by atoms with Crippen molar-refractivity contribution in [2.75, 3.05) is 11.1 Å². The van der Waals surface area contributed by atoms with E-state index in [9.17, 15) is 19.7 Å². The Hall–Kier alpha value is -2.33. The third-order valence-corrected chi connectivity index (χ3v) is 6.58. The molecule has 10 heteroatoms. The summed E-state index contributed by atoms with van der Waals surface area (Å²) in [7, 11) is 0.